The molecule has 1 N–H and O–H groups in total. The summed E-state index contributed by atoms with van der Waals surface area (Å²) >= 11 is 1.49. The Balaban J connectivity index is 1.47. The van der Waals surface area contributed by atoms with Crippen molar-refractivity contribution in [2.24, 2.45) is 0 Å². The third-order valence-corrected chi connectivity index (χ3v) is 5.02. The molecular formula is C18H21N3O2S. The Hall–Kier alpha value is -2.21. The van der Waals surface area contributed by atoms with Crippen molar-refractivity contribution in [1.82, 2.24) is 15.2 Å². The Bertz CT molecular complexity index is 693. The molecule has 1 aliphatic rings. The minimum Gasteiger partial charge on any atom is -0.342 e. The lowest BCUT2D eigenvalue weighted by Gasteiger charge is -2.15. The molecule has 0 atom stereocenters. The first-order chi connectivity index (χ1) is 11.7. The maximum Gasteiger partial charge on any atom is 0.271 e. The van der Waals surface area contributed by atoms with Gasteiger partial charge in [0.25, 0.3) is 5.91 Å². The Labute approximate surface area is 145 Å². The first-order valence-electron chi connectivity index (χ1n) is 8.26. The van der Waals surface area contributed by atoms with Crippen molar-refractivity contribution < 1.29 is 9.59 Å². The van der Waals surface area contributed by atoms with Crippen LogP contribution in [0.25, 0.3) is 0 Å². The van der Waals surface area contributed by atoms with Gasteiger partial charge in [-0.2, -0.15) is 0 Å². The molecule has 0 radical (unpaired) electrons. The lowest BCUT2D eigenvalue weighted by molar-refractivity contribution is -0.129. The predicted molar refractivity (Wildman–Crippen MR) is 94.1 cm³/mol. The van der Waals surface area contributed by atoms with Gasteiger partial charge in [-0.25, -0.2) is 4.98 Å². The summed E-state index contributed by atoms with van der Waals surface area (Å²) in [6, 6.07) is 10.2. The van der Waals surface area contributed by atoms with Crippen LogP contribution in [0.15, 0.2) is 35.7 Å². The van der Waals surface area contributed by atoms with Gasteiger partial charge in [0.15, 0.2) is 0 Å². The molecule has 24 heavy (non-hydrogen) atoms. The van der Waals surface area contributed by atoms with Gasteiger partial charge < -0.3 is 10.2 Å². The highest BCUT2D eigenvalue weighted by Crippen LogP contribution is 2.13. The number of amides is 2. The SMILES string of the molecule is O=C(NCC(=O)N1CCCC1)c1csc(CCc2ccccc2)n1. The first-order valence-corrected chi connectivity index (χ1v) is 9.14. The summed E-state index contributed by atoms with van der Waals surface area (Å²) in [6.45, 7) is 1.65. The molecule has 0 bridgehead atoms. The van der Waals surface area contributed by atoms with Gasteiger partial charge >= 0.3 is 0 Å². The van der Waals surface area contributed by atoms with E-state index in [2.05, 4.69) is 22.4 Å². The van der Waals surface area contributed by atoms with Gasteiger partial charge in [0.1, 0.15) is 5.69 Å². The average molecular weight is 343 g/mol. The van der Waals surface area contributed by atoms with E-state index in [-0.39, 0.29) is 18.4 Å². The third kappa shape index (κ3) is 4.41. The summed E-state index contributed by atoms with van der Waals surface area (Å²) in [6.07, 6.45) is 3.82. The Morgan fingerprint density at radius 3 is 2.62 bits per heavy atom. The van der Waals surface area contributed by atoms with Crippen LogP contribution in [0.5, 0.6) is 0 Å². The predicted octanol–water partition coefficient (Wildman–Crippen LogP) is 2.28. The van der Waals surface area contributed by atoms with Gasteiger partial charge in [-0.15, -0.1) is 11.3 Å². The molecule has 2 heterocycles. The summed E-state index contributed by atoms with van der Waals surface area (Å²) in [5.41, 5.74) is 1.66. The van der Waals surface area contributed by atoms with Crippen molar-refractivity contribution in [2.45, 2.75) is 25.7 Å². The van der Waals surface area contributed by atoms with Crippen molar-refractivity contribution in [3.63, 3.8) is 0 Å². The molecule has 2 aromatic rings. The van der Waals surface area contributed by atoms with Crippen LogP contribution >= 0.6 is 11.3 Å². The highest BCUT2D eigenvalue weighted by atomic mass is 32.1. The van der Waals surface area contributed by atoms with Crippen LogP contribution in [0.2, 0.25) is 0 Å². The van der Waals surface area contributed by atoms with E-state index >= 15 is 0 Å². The normalized spacial score (nSPS) is 13.9. The topological polar surface area (TPSA) is 62.3 Å². The summed E-state index contributed by atoms with van der Waals surface area (Å²) in [5, 5.41) is 5.38. The summed E-state index contributed by atoms with van der Waals surface area (Å²) < 4.78 is 0. The first kappa shape index (κ1) is 16.6. The maximum absolute atomic E-state index is 12.1. The third-order valence-electron chi connectivity index (χ3n) is 4.11. The fourth-order valence-electron chi connectivity index (χ4n) is 2.75. The van der Waals surface area contributed by atoms with Gasteiger partial charge in [0, 0.05) is 24.9 Å². The van der Waals surface area contributed by atoms with Gasteiger partial charge in [0.2, 0.25) is 5.91 Å². The molecule has 5 nitrogen and oxygen atoms in total. The molecular weight excluding hydrogens is 322 g/mol. The molecule has 126 valence electrons. The van der Waals surface area contributed by atoms with E-state index in [1.54, 1.807) is 10.3 Å². The molecule has 0 aliphatic carbocycles. The van der Waals surface area contributed by atoms with Crippen LogP contribution in [0.4, 0.5) is 0 Å². The maximum atomic E-state index is 12.1. The molecule has 0 unspecified atom stereocenters. The lowest BCUT2D eigenvalue weighted by Crippen LogP contribution is -2.38. The Morgan fingerprint density at radius 2 is 1.88 bits per heavy atom. The molecule has 1 aliphatic heterocycles. The van der Waals surface area contributed by atoms with Crippen molar-refractivity contribution in [3.8, 4) is 0 Å². The van der Waals surface area contributed by atoms with Gasteiger partial charge in [-0.1, -0.05) is 30.3 Å². The number of hydrogen-bond acceptors (Lipinski definition) is 4. The number of carbonyl (C=O) groups is 2. The van der Waals surface area contributed by atoms with Gasteiger partial charge in [0.05, 0.1) is 11.6 Å². The van der Waals surface area contributed by atoms with E-state index in [4.69, 9.17) is 0 Å². The number of likely N-dealkylation sites (tertiary alicyclic amines) is 1. The van der Waals surface area contributed by atoms with Crippen molar-refractivity contribution in [3.05, 3.63) is 52.0 Å². The molecule has 1 aromatic heterocycles. The van der Waals surface area contributed by atoms with E-state index < -0.39 is 0 Å². The second-order valence-corrected chi connectivity index (χ2v) is 6.83. The second kappa shape index (κ2) is 8.06. The van der Waals surface area contributed by atoms with Crippen LogP contribution in [0, 0.1) is 0 Å². The lowest BCUT2D eigenvalue weighted by atomic mass is 10.1. The van der Waals surface area contributed by atoms with E-state index in [1.807, 2.05) is 18.2 Å². The molecule has 3 rings (SSSR count). The zero-order valence-corrected chi connectivity index (χ0v) is 14.3. The minimum absolute atomic E-state index is 0.0135. The smallest absolute Gasteiger partial charge is 0.271 e. The molecule has 1 saturated heterocycles. The number of thiazole rings is 1. The number of aryl methyl sites for hydroxylation is 2. The fourth-order valence-corrected chi connectivity index (χ4v) is 3.53. The number of carbonyl (C=O) groups excluding carboxylic acids is 2. The van der Waals surface area contributed by atoms with Crippen LogP contribution in [0.3, 0.4) is 0 Å². The zero-order valence-electron chi connectivity index (χ0n) is 13.5. The average Bonchev–Trinajstić information content (AvgIpc) is 3.30. The summed E-state index contributed by atoms with van der Waals surface area (Å²) in [7, 11) is 0. The number of aromatic nitrogens is 1. The summed E-state index contributed by atoms with van der Waals surface area (Å²) in [5.74, 6) is -0.287. The highest BCUT2D eigenvalue weighted by Gasteiger charge is 2.19. The van der Waals surface area contributed by atoms with Crippen LogP contribution in [-0.4, -0.2) is 41.3 Å². The van der Waals surface area contributed by atoms with Gasteiger partial charge in [-0.3, -0.25) is 9.59 Å². The second-order valence-electron chi connectivity index (χ2n) is 5.88. The number of benzene rings is 1. The number of nitrogens with one attached hydrogen (secondary N) is 1. The number of hydrogen-bond donors (Lipinski definition) is 1. The molecule has 0 saturated carbocycles. The largest absolute Gasteiger partial charge is 0.342 e. The van der Waals surface area contributed by atoms with Crippen molar-refractivity contribution in [1.29, 1.82) is 0 Å². The van der Waals surface area contributed by atoms with Crippen molar-refractivity contribution in [2.75, 3.05) is 19.6 Å². The number of rotatable bonds is 6. The van der Waals surface area contributed by atoms with Crippen molar-refractivity contribution >= 4 is 23.2 Å². The monoisotopic (exact) mass is 343 g/mol. The van der Waals surface area contributed by atoms with E-state index in [0.29, 0.717) is 5.69 Å². The molecule has 2 amide bonds. The quantitative estimate of drug-likeness (QED) is 0.875. The Kier molecular flexibility index (Phi) is 5.59. The molecule has 1 fully saturated rings. The fraction of sp³-hybridized carbons (Fsp3) is 0.389. The van der Waals surface area contributed by atoms with Crippen LogP contribution in [-0.2, 0) is 17.6 Å². The molecule has 0 spiro atoms. The van der Waals surface area contributed by atoms with E-state index in [0.717, 1.165) is 43.8 Å². The Morgan fingerprint density at radius 1 is 1.12 bits per heavy atom. The van der Waals surface area contributed by atoms with Gasteiger partial charge in [-0.05, 0) is 24.8 Å². The standard InChI is InChI=1S/C18H21N3O2S/c22-17(21-10-4-5-11-21)12-19-18(23)15-13-24-16(20-15)9-8-14-6-2-1-3-7-14/h1-3,6-7,13H,4-5,8-12H2,(H,19,23). The molecule has 6 heteroatoms. The molecule has 1 aromatic carbocycles. The number of nitrogens with zero attached hydrogens (tertiary/aromatic N) is 2. The summed E-state index contributed by atoms with van der Waals surface area (Å²) in [4.78, 5) is 30.2. The minimum atomic E-state index is -0.273. The van der Waals surface area contributed by atoms with Crippen LogP contribution < -0.4 is 5.32 Å². The van der Waals surface area contributed by atoms with E-state index in [9.17, 15) is 9.59 Å². The zero-order chi connectivity index (χ0) is 16.8. The van der Waals surface area contributed by atoms with E-state index in [1.165, 1.54) is 16.9 Å². The van der Waals surface area contributed by atoms with Crippen LogP contribution in [0.1, 0.15) is 33.9 Å². The highest BCUT2D eigenvalue weighted by molar-refractivity contribution is 7.09.